The van der Waals surface area contributed by atoms with Crippen molar-refractivity contribution in [1.82, 2.24) is 15.2 Å². The van der Waals surface area contributed by atoms with Gasteiger partial charge in [0, 0.05) is 32.0 Å². The van der Waals surface area contributed by atoms with Crippen LogP contribution in [0.25, 0.3) is 0 Å². The van der Waals surface area contributed by atoms with Gasteiger partial charge in [0.2, 0.25) is 0 Å². The number of carbonyl (C=O) groups excluding carboxylic acids is 1. The number of hydrogen-bond acceptors (Lipinski definition) is 4. The number of nitrogens with one attached hydrogen (secondary N) is 1. The van der Waals surface area contributed by atoms with E-state index >= 15 is 0 Å². The first kappa shape index (κ1) is 21.2. The molecule has 1 aromatic carbocycles. The number of hydrogen-bond donors (Lipinski definition) is 1. The van der Waals surface area contributed by atoms with E-state index in [1.165, 1.54) is 11.1 Å². The molecule has 0 radical (unpaired) electrons. The third-order valence-corrected chi connectivity index (χ3v) is 4.86. The quantitative estimate of drug-likeness (QED) is 0.850. The van der Waals surface area contributed by atoms with Gasteiger partial charge in [0.1, 0.15) is 5.75 Å². The summed E-state index contributed by atoms with van der Waals surface area (Å²) in [6.45, 7) is 8.69. The molecule has 1 fully saturated rings. The van der Waals surface area contributed by atoms with E-state index in [1.807, 2.05) is 35.4 Å². The van der Waals surface area contributed by atoms with Gasteiger partial charge in [-0.3, -0.25) is 9.78 Å². The minimum Gasteiger partial charge on any atom is -0.484 e. The molecule has 5 nitrogen and oxygen atoms in total. The minimum atomic E-state index is -0.00129. The molecule has 1 saturated heterocycles. The van der Waals surface area contributed by atoms with E-state index in [2.05, 4.69) is 37.1 Å². The number of aryl methyl sites for hydroxylation is 1. The maximum Gasteiger partial charge on any atom is 0.261 e. The summed E-state index contributed by atoms with van der Waals surface area (Å²) in [5.74, 6) is 1.23. The second kappa shape index (κ2) is 9.72. The van der Waals surface area contributed by atoms with Crippen molar-refractivity contribution in [2.24, 2.45) is 0 Å². The largest absolute Gasteiger partial charge is 0.484 e. The number of carbonyl (C=O) groups is 1. The second-order valence-corrected chi connectivity index (χ2v) is 7.06. The SMILES string of the molecule is Cc1cc(OCC(=O)N2CCNCC2c2cccnc2)ccc1C(C)C.Cl. The fourth-order valence-electron chi connectivity index (χ4n) is 3.49. The molecule has 0 spiro atoms. The van der Waals surface area contributed by atoms with Crippen molar-refractivity contribution in [2.45, 2.75) is 32.7 Å². The van der Waals surface area contributed by atoms with Crippen LogP contribution in [0.4, 0.5) is 0 Å². The molecule has 1 aromatic heterocycles. The molecule has 0 saturated carbocycles. The van der Waals surface area contributed by atoms with E-state index in [1.54, 1.807) is 6.20 Å². The molecule has 0 aliphatic carbocycles. The molecule has 1 aliphatic heterocycles. The number of amides is 1. The number of nitrogens with zero attached hydrogens (tertiary/aromatic N) is 2. The lowest BCUT2D eigenvalue weighted by atomic mass is 9.98. The minimum absolute atomic E-state index is 0. The van der Waals surface area contributed by atoms with Gasteiger partial charge in [-0.15, -0.1) is 12.4 Å². The normalized spacial score (nSPS) is 16.7. The highest BCUT2D eigenvalue weighted by Crippen LogP contribution is 2.24. The molecule has 3 rings (SSSR count). The van der Waals surface area contributed by atoms with Crippen LogP contribution in [0.1, 0.15) is 42.5 Å². The van der Waals surface area contributed by atoms with Gasteiger partial charge in [0.05, 0.1) is 6.04 Å². The van der Waals surface area contributed by atoms with Crippen molar-refractivity contribution in [3.8, 4) is 5.75 Å². The van der Waals surface area contributed by atoms with Crippen LogP contribution in [-0.4, -0.2) is 42.0 Å². The topological polar surface area (TPSA) is 54.5 Å². The molecule has 1 atom stereocenters. The first-order valence-corrected chi connectivity index (χ1v) is 9.19. The van der Waals surface area contributed by atoms with Crippen LogP contribution >= 0.6 is 12.4 Å². The summed E-state index contributed by atoms with van der Waals surface area (Å²) in [6, 6.07) is 9.97. The molecular formula is C21H28ClN3O2. The van der Waals surface area contributed by atoms with Crippen LogP contribution in [0, 0.1) is 6.92 Å². The third kappa shape index (κ3) is 5.21. The molecule has 1 unspecified atom stereocenters. The smallest absolute Gasteiger partial charge is 0.261 e. The Balaban J connectivity index is 0.00000261. The molecule has 2 aromatic rings. The summed E-state index contributed by atoms with van der Waals surface area (Å²) in [4.78, 5) is 18.8. The van der Waals surface area contributed by atoms with E-state index < -0.39 is 0 Å². The molecule has 2 heterocycles. The first-order valence-electron chi connectivity index (χ1n) is 9.19. The van der Waals surface area contributed by atoms with Crippen LogP contribution in [0.15, 0.2) is 42.7 Å². The number of aromatic nitrogens is 1. The number of ether oxygens (including phenoxy) is 1. The molecule has 0 bridgehead atoms. The van der Waals surface area contributed by atoms with Crippen molar-refractivity contribution in [1.29, 1.82) is 0 Å². The molecule has 6 heteroatoms. The fourth-order valence-corrected chi connectivity index (χ4v) is 3.49. The summed E-state index contributed by atoms with van der Waals surface area (Å²) in [5, 5.41) is 3.35. The van der Waals surface area contributed by atoms with Crippen molar-refractivity contribution in [2.75, 3.05) is 26.2 Å². The number of benzene rings is 1. The number of halogens is 1. The van der Waals surface area contributed by atoms with Gasteiger partial charge in [-0.25, -0.2) is 0 Å². The zero-order chi connectivity index (χ0) is 18.5. The first-order chi connectivity index (χ1) is 12.6. The summed E-state index contributed by atoms with van der Waals surface area (Å²) in [7, 11) is 0. The Morgan fingerprint density at radius 3 is 2.85 bits per heavy atom. The van der Waals surface area contributed by atoms with Crippen LogP contribution < -0.4 is 10.1 Å². The molecule has 1 aliphatic rings. The highest BCUT2D eigenvalue weighted by atomic mass is 35.5. The average Bonchev–Trinajstić information content (AvgIpc) is 2.66. The van der Waals surface area contributed by atoms with Crippen LogP contribution in [0.2, 0.25) is 0 Å². The monoisotopic (exact) mass is 389 g/mol. The fraction of sp³-hybridized carbons (Fsp3) is 0.429. The number of pyridine rings is 1. The standard InChI is InChI=1S/C21H27N3O2.ClH/c1-15(2)19-7-6-18(11-16(19)3)26-14-21(25)24-10-9-23-13-20(24)17-5-4-8-22-12-17;/h4-8,11-12,15,20,23H,9-10,13-14H2,1-3H3;1H. The van der Waals surface area contributed by atoms with E-state index in [-0.39, 0.29) is 31.0 Å². The Labute approximate surface area is 167 Å². The Bertz CT molecular complexity index is 752. The van der Waals surface area contributed by atoms with Crippen LogP contribution in [-0.2, 0) is 4.79 Å². The lowest BCUT2D eigenvalue weighted by Crippen LogP contribution is -2.50. The Hall–Kier alpha value is -2.11. The lowest BCUT2D eigenvalue weighted by Gasteiger charge is -2.36. The van der Waals surface area contributed by atoms with E-state index in [0.717, 1.165) is 24.4 Å². The van der Waals surface area contributed by atoms with Crippen LogP contribution in [0.3, 0.4) is 0 Å². The summed E-state index contributed by atoms with van der Waals surface area (Å²) in [5.41, 5.74) is 3.55. The highest BCUT2D eigenvalue weighted by Gasteiger charge is 2.28. The van der Waals surface area contributed by atoms with Crippen molar-refractivity contribution >= 4 is 18.3 Å². The second-order valence-electron chi connectivity index (χ2n) is 7.06. The molecule has 1 N–H and O–H groups in total. The number of piperazine rings is 1. The van der Waals surface area contributed by atoms with Gasteiger partial charge in [0.15, 0.2) is 6.61 Å². The molecular weight excluding hydrogens is 362 g/mol. The van der Waals surface area contributed by atoms with Gasteiger partial charge in [-0.2, -0.15) is 0 Å². The van der Waals surface area contributed by atoms with Crippen molar-refractivity contribution < 1.29 is 9.53 Å². The van der Waals surface area contributed by atoms with E-state index in [0.29, 0.717) is 12.5 Å². The predicted molar refractivity (Wildman–Crippen MR) is 110 cm³/mol. The van der Waals surface area contributed by atoms with Gasteiger partial charge in [0.25, 0.3) is 5.91 Å². The Morgan fingerprint density at radius 2 is 2.19 bits per heavy atom. The molecule has 1 amide bonds. The zero-order valence-electron chi connectivity index (χ0n) is 16.1. The Kier molecular flexibility index (Phi) is 7.63. The predicted octanol–water partition coefficient (Wildman–Crippen LogP) is 3.49. The van der Waals surface area contributed by atoms with Gasteiger partial charge < -0.3 is 15.0 Å². The van der Waals surface area contributed by atoms with Crippen LogP contribution in [0.5, 0.6) is 5.75 Å². The third-order valence-electron chi connectivity index (χ3n) is 4.86. The van der Waals surface area contributed by atoms with Gasteiger partial charge in [-0.1, -0.05) is 26.0 Å². The Morgan fingerprint density at radius 1 is 1.37 bits per heavy atom. The van der Waals surface area contributed by atoms with Gasteiger partial charge >= 0.3 is 0 Å². The summed E-state index contributed by atoms with van der Waals surface area (Å²) >= 11 is 0. The molecule has 27 heavy (non-hydrogen) atoms. The average molecular weight is 390 g/mol. The van der Waals surface area contributed by atoms with E-state index in [4.69, 9.17) is 4.74 Å². The highest BCUT2D eigenvalue weighted by molar-refractivity contribution is 5.85. The van der Waals surface area contributed by atoms with Gasteiger partial charge in [-0.05, 0) is 47.7 Å². The summed E-state index contributed by atoms with van der Waals surface area (Å²) < 4.78 is 5.79. The van der Waals surface area contributed by atoms with Crippen molar-refractivity contribution in [3.05, 3.63) is 59.4 Å². The number of rotatable bonds is 5. The molecule has 146 valence electrons. The van der Waals surface area contributed by atoms with E-state index in [9.17, 15) is 4.79 Å². The summed E-state index contributed by atoms with van der Waals surface area (Å²) in [6.07, 6.45) is 3.57. The maximum atomic E-state index is 12.8. The zero-order valence-corrected chi connectivity index (χ0v) is 17.0. The van der Waals surface area contributed by atoms with Crippen molar-refractivity contribution in [3.63, 3.8) is 0 Å². The maximum absolute atomic E-state index is 12.8. The lowest BCUT2D eigenvalue weighted by molar-refractivity contribution is -0.136.